The van der Waals surface area contributed by atoms with Crippen LogP contribution in [0.2, 0.25) is 0 Å². The Bertz CT molecular complexity index is 778. The zero-order valence-electron chi connectivity index (χ0n) is 16.3. The fourth-order valence-electron chi connectivity index (χ4n) is 2.79. The molecule has 0 aliphatic carbocycles. The van der Waals surface area contributed by atoms with Gasteiger partial charge in [-0.2, -0.15) is 4.98 Å². The van der Waals surface area contributed by atoms with Crippen molar-refractivity contribution < 1.29 is 14.3 Å². The van der Waals surface area contributed by atoms with Gasteiger partial charge in [0, 0.05) is 50.2 Å². The average molecular weight is 386 g/mol. The summed E-state index contributed by atoms with van der Waals surface area (Å²) in [6, 6.07) is 5.35. The summed E-state index contributed by atoms with van der Waals surface area (Å²) in [4.78, 5) is 27.4. The van der Waals surface area contributed by atoms with Crippen LogP contribution in [-0.4, -0.2) is 66.9 Å². The molecule has 1 aliphatic heterocycles. The molecule has 0 atom stereocenters. The zero-order chi connectivity index (χ0) is 19.8. The van der Waals surface area contributed by atoms with Crippen molar-refractivity contribution in [1.82, 2.24) is 20.3 Å². The van der Waals surface area contributed by atoms with Crippen LogP contribution in [0.1, 0.15) is 23.0 Å². The van der Waals surface area contributed by atoms with E-state index in [2.05, 4.69) is 30.5 Å². The number of rotatable bonds is 8. The van der Waals surface area contributed by atoms with Gasteiger partial charge >= 0.3 is 0 Å². The molecule has 0 bridgehead atoms. The quantitative estimate of drug-likeness (QED) is 0.654. The number of ether oxygens (including phenoxy) is 2. The summed E-state index contributed by atoms with van der Waals surface area (Å²) in [5.41, 5.74) is 1.38. The molecule has 1 saturated heterocycles. The van der Waals surface area contributed by atoms with Gasteiger partial charge in [-0.15, -0.1) is 0 Å². The van der Waals surface area contributed by atoms with E-state index >= 15 is 0 Å². The van der Waals surface area contributed by atoms with Crippen molar-refractivity contribution in [3.63, 3.8) is 0 Å². The predicted octanol–water partition coefficient (Wildman–Crippen LogP) is 1.26. The van der Waals surface area contributed by atoms with E-state index in [0.29, 0.717) is 50.3 Å². The highest BCUT2D eigenvalue weighted by Crippen LogP contribution is 2.16. The fraction of sp³-hybridized carbons (Fsp3) is 0.474. The Labute approximate surface area is 164 Å². The van der Waals surface area contributed by atoms with Gasteiger partial charge in [-0.25, -0.2) is 9.97 Å². The number of aromatic nitrogens is 3. The van der Waals surface area contributed by atoms with Gasteiger partial charge in [-0.1, -0.05) is 0 Å². The third-order valence-electron chi connectivity index (χ3n) is 4.16. The Morgan fingerprint density at radius 2 is 2.07 bits per heavy atom. The lowest BCUT2D eigenvalue weighted by atomic mass is 10.2. The fourth-order valence-corrected chi connectivity index (χ4v) is 2.79. The number of carbonyl (C=O) groups is 1. The molecule has 0 saturated carbocycles. The second kappa shape index (κ2) is 9.84. The van der Waals surface area contributed by atoms with Gasteiger partial charge in [0.2, 0.25) is 11.8 Å². The van der Waals surface area contributed by atoms with Crippen molar-refractivity contribution in [2.45, 2.75) is 13.8 Å². The van der Waals surface area contributed by atoms with E-state index in [1.807, 2.05) is 19.9 Å². The highest BCUT2D eigenvalue weighted by atomic mass is 16.5. The SMILES string of the molecule is CCOc1ccc(C(=O)NCCNc2nc(C)cc(N3CCOCC3)n2)cn1. The van der Waals surface area contributed by atoms with Crippen LogP contribution in [0.3, 0.4) is 0 Å². The summed E-state index contributed by atoms with van der Waals surface area (Å²) in [5.74, 6) is 1.77. The molecule has 2 aromatic rings. The Morgan fingerprint density at radius 1 is 1.25 bits per heavy atom. The maximum Gasteiger partial charge on any atom is 0.252 e. The van der Waals surface area contributed by atoms with Gasteiger partial charge < -0.3 is 25.0 Å². The van der Waals surface area contributed by atoms with Crippen molar-refractivity contribution in [3.8, 4) is 5.88 Å². The minimum Gasteiger partial charge on any atom is -0.478 e. The molecule has 1 amide bonds. The summed E-state index contributed by atoms with van der Waals surface area (Å²) < 4.78 is 10.7. The van der Waals surface area contributed by atoms with Crippen molar-refractivity contribution in [2.75, 3.05) is 56.2 Å². The van der Waals surface area contributed by atoms with Gasteiger partial charge in [-0.05, 0) is 19.9 Å². The van der Waals surface area contributed by atoms with Crippen molar-refractivity contribution in [2.24, 2.45) is 0 Å². The van der Waals surface area contributed by atoms with Gasteiger partial charge in [-0.3, -0.25) is 4.79 Å². The normalized spacial score (nSPS) is 13.9. The summed E-state index contributed by atoms with van der Waals surface area (Å²) in [7, 11) is 0. The van der Waals surface area contributed by atoms with Crippen LogP contribution in [0.4, 0.5) is 11.8 Å². The number of hydrogen-bond acceptors (Lipinski definition) is 8. The lowest BCUT2D eigenvalue weighted by molar-refractivity contribution is 0.0954. The van der Waals surface area contributed by atoms with Gasteiger partial charge in [0.15, 0.2) is 0 Å². The molecule has 3 rings (SSSR count). The standard InChI is InChI=1S/C19H26N6O3/c1-3-28-17-5-4-15(13-22-17)18(26)20-6-7-21-19-23-14(2)12-16(24-19)25-8-10-27-11-9-25/h4-5,12-13H,3,6-11H2,1-2H3,(H,20,26)(H,21,23,24). The third-order valence-corrected chi connectivity index (χ3v) is 4.16. The van der Waals surface area contributed by atoms with E-state index in [4.69, 9.17) is 9.47 Å². The maximum atomic E-state index is 12.2. The molecule has 0 aromatic carbocycles. The largest absolute Gasteiger partial charge is 0.478 e. The van der Waals surface area contributed by atoms with Crippen LogP contribution in [0.25, 0.3) is 0 Å². The molecular formula is C19H26N6O3. The summed E-state index contributed by atoms with van der Waals surface area (Å²) in [6.45, 7) is 8.38. The number of aryl methyl sites for hydroxylation is 1. The monoisotopic (exact) mass is 386 g/mol. The van der Waals surface area contributed by atoms with Gasteiger partial charge in [0.05, 0.1) is 25.4 Å². The summed E-state index contributed by atoms with van der Waals surface area (Å²) in [5, 5.41) is 6.02. The van der Waals surface area contributed by atoms with E-state index in [1.165, 1.54) is 6.20 Å². The van der Waals surface area contributed by atoms with Crippen LogP contribution >= 0.6 is 0 Å². The first-order valence-corrected chi connectivity index (χ1v) is 9.45. The van der Waals surface area contributed by atoms with Crippen LogP contribution in [-0.2, 0) is 4.74 Å². The molecule has 150 valence electrons. The second-order valence-electron chi connectivity index (χ2n) is 6.29. The van der Waals surface area contributed by atoms with E-state index in [0.717, 1.165) is 24.6 Å². The molecule has 28 heavy (non-hydrogen) atoms. The number of nitrogens with zero attached hydrogens (tertiary/aromatic N) is 4. The van der Waals surface area contributed by atoms with E-state index < -0.39 is 0 Å². The van der Waals surface area contributed by atoms with Crippen LogP contribution in [0.5, 0.6) is 5.88 Å². The molecule has 2 N–H and O–H groups in total. The Balaban J connectivity index is 1.48. The van der Waals surface area contributed by atoms with E-state index in [-0.39, 0.29) is 5.91 Å². The number of anilines is 2. The lowest BCUT2D eigenvalue weighted by Crippen LogP contribution is -2.37. The maximum absolute atomic E-state index is 12.2. The molecule has 0 radical (unpaired) electrons. The van der Waals surface area contributed by atoms with Crippen molar-refractivity contribution >= 4 is 17.7 Å². The topological polar surface area (TPSA) is 102 Å². The Hall–Kier alpha value is -2.94. The molecule has 9 heteroatoms. The predicted molar refractivity (Wildman–Crippen MR) is 106 cm³/mol. The summed E-state index contributed by atoms with van der Waals surface area (Å²) >= 11 is 0. The van der Waals surface area contributed by atoms with E-state index in [1.54, 1.807) is 12.1 Å². The Kier molecular flexibility index (Phi) is 6.96. The van der Waals surface area contributed by atoms with Crippen LogP contribution in [0, 0.1) is 6.92 Å². The smallest absolute Gasteiger partial charge is 0.252 e. The minimum absolute atomic E-state index is 0.184. The molecule has 1 fully saturated rings. The van der Waals surface area contributed by atoms with Crippen LogP contribution in [0.15, 0.2) is 24.4 Å². The highest BCUT2D eigenvalue weighted by Gasteiger charge is 2.14. The number of hydrogen-bond donors (Lipinski definition) is 2. The number of morpholine rings is 1. The average Bonchev–Trinajstić information content (AvgIpc) is 2.72. The van der Waals surface area contributed by atoms with E-state index in [9.17, 15) is 4.79 Å². The number of carbonyl (C=O) groups excluding carboxylic acids is 1. The number of nitrogens with one attached hydrogen (secondary N) is 2. The molecule has 0 unspecified atom stereocenters. The number of amides is 1. The van der Waals surface area contributed by atoms with Gasteiger partial charge in [0.1, 0.15) is 5.82 Å². The third kappa shape index (κ3) is 5.53. The molecule has 3 heterocycles. The lowest BCUT2D eigenvalue weighted by Gasteiger charge is -2.28. The molecule has 2 aromatic heterocycles. The van der Waals surface area contributed by atoms with Gasteiger partial charge in [0.25, 0.3) is 5.91 Å². The Morgan fingerprint density at radius 3 is 2.79 bits per heavy atom. The number of pyridine rings is 1. The molecule has 0 spiro atoms. The second-order valence-corrected chi connectivity index (χ2v) is 6.29. The first kappa shape index (κ1) is 19.8. The zero-order valence-corrected chi connectivity index (χ0v) is 16.3. The first-order chi connectivity index (χ1) is 13.7. The molecule has 1 aliphatic rings. The molecular weight excluding hydrogens is 360 g/mol. The highest BCUT2D eigenvalue weighted by molar-refractivity contribution is 5.93. The molecule has 9 nitrogen and oxygen atoms in total. The van der Waals surface area contributed by atoms with Crippen LogP contribution < -0.4 is 20.3 Å². The van der Waals surface area contributed by atoms with Crippen molar-refractivity contribution in [3.05, 3.63) is 35.7 Å². The first-order valence-electron chi connectivity index (χ1n) is 9.45. The summed E-state index contributed by atoms with van der Waals surface area (Å²) in [6.07, 6.45) is 1.51. The van der Waals surface area contributed by atoms with Crippen molar-refractivity contribution in [1.29, 1.82) is 0 Å². The minimum atomic E-state index is -0.184.